The Morgan fingerprint density at radius 1 is 1.33 bits per heavy atom. The summed E-state index contributed by atoms with van der Waals surface area (Å²) in [6.45, 7) is 7.78. The van der Waals surface area contributed by atoms with Gasteiger partial charge in [0.2, 0.25) is 0 Å². The van der Waals surface area contributed by atoms with Crippen LogP contribution in [-0.2, 0) is 4.74 Å². The van der Waals surface area contributed by atoms with Gasteiger partial charge in [-0.05, 0) is 31.6 Å². The zero-order chi connectivity index (χ0) is 13.4. The Morgan fingerprint density at radius 3 is 2.78 bits per heavy atom. The quantitative estimate of drug-likeness (QED) is 0.665. The molecule has 1 aliphatic rings. The summed E-state index contributed by atoms with van der Waals surface area (Å²) in [5, 5.41) is 0. The van der Waals surface area contributed by atoms with Crippen LogP contribution in [0, 0.1) is 5.92 Å². The SMILES string of the molecule is CCCCC[C@@H]1CCCCN1C(=O)OCC(C)C. The molecule has 3 heteroatoms. The Bertz CT molecular complexity index is 241. The summed E-state index contributed by atoms with van der Waals surface area (Å²) in [6, 6.07) is 0.421. The molecule has 0 aromatic heterocycles. The van der Waals surface area contributed by atoms with Gasteiger partial charge in [0.05, 0.1) is 6.61 Å². The van der Waals surface area contributed by atoms with Gasteiger partial charge in [0.25, 0.3) is 0 Å². The number of likely N-dealkylation sites (tertiary alicyclic amines) is 1. The van der Waals surface area contributed by atoms with Gasteiger partial charge >= 0.3 is 6.09 Å². The van der Waals surface area contributed by atoms with Crippen molar-refractivity contribution < 1.29 is 9.53 Å². The molecule has 1 saturated heterocycles. The van der Waals surface area contributed by atoms with E-state index in [1.54, 1.807) is 0 Å². The molecule has 1 heterocycles. The van der Waals surface area contributed by atoms with Crippen molar-refractivity contribution in [3.63, 3.8) is 0 Å². The number of rotatable bonds is 6. The van der Waals surface area contributed by atoms with Gasteiger partial charge in [0, 0.05) is 12.6 Å². The van der Waals surface area contributed by atoms with E-state index in [1.807, 2.05) is 4.90 Å². The Kier molecular flexibility index (Phi) is 7.14. The molecular weight excluding hydrogens is 226 g/mol. The zero-order valence-electron chi connectivity index (χ0n) is 12.3. The maximum atomic E-state index is 12.0. The molecule has 1 aliphatic heterocycles. The molecule has 0 radical (unpaired) electrons. The molecule has 3 nitrogen and oxygen atoms in total. The lowest BCUT2D eigenvalue weighted by molar-refractivity contribution is 0.0629. The Labute approximate surface area is 112 Å². The van der Waals surface area contributed by atoms with Crippen LogP contribution >= 0.6 is 0 Å². The number of carbonyl (C=O) groups is 1. The van der Waals surface area contributed by atoms with Crippen LogP contribution < -0.4 is 0 Å². The smallest absolute Gasteiger partial charge is 0.410 e. The highest BCUT2D eigenvalue weighted by molar-refractivity contribution is 5.68. The molecule has 0 aromatic carbocycles. The van der Waals surface area contributed by atoms with E-state index in [9.17, 15) is 4.79 Å². The standard InChI is InChI=1S/C15H29NO2/c1-4-5-6-9-14-10-7-8-11-16(14)15(17)18-12-13(2)3/h13-14H,4-12H2,1-3H3/t14-/m1/s1. The highest BCUT2D eigenvalue weighted by atomic mass is 16.6. The summed E-state index contributed by atoms with van der Waals surface area (Å²) >= 11 is 0. The first-order valence-electron chi connectivity index (χ1n) is 7.58. The first-order chi connectivity index (χ1) is 8.65. The molecule has 0 aromatic rings. The molecule has 1 atom stereocenters. The largest absolute Gasteiger partial charge is 0.449 e. The molecule has 0 spiro atoms. The number of hydrogen-bond acceptors (Lipinski definition) is 2. The van der Waals surface area contributed by atoms with Crippen LogP contribution in [0.2, 0.25) is 0 Å². The lowest BCUT2D eigenvalue weighted by Crippen LogP contribution is -2.44. The van der Waals surface area contributed by atoms with Crippen LogP contribution in [0.15, 0.2) is 0 Å². The Hall–Kier alpha value is -0.730. The van der Waals surface area contributed by atoms with Crippen molar-refractivity contribution in [3.8, 4) is 0 Å². The van der Waals surface area contributed by atoms with E-state index >= 15 is 0 Å². The fourth-order valence-electron chi connectivity index (χ4n) is 2.49. The van der Waals surface area contributed by atoms with Gasteiger partial charge in [0.15, 0.2) is 0 Å². The summed E-state index contributed by atoms with van der Waals surface area (Å²) in [5.41, 5.74) is 0. The van der Waals surface area contributed by atoms with E-state index in [0.29, 0.717) is 18.6 Å². The van der Waals surface area contributed by atoms with E-state index in [1.165, 1.54) is 25.7 Å². The number of hydrogen-bond donors (Lipinski definition) is 0. The molecule has 0 unspecified atom stereocenters. The predicted octanol–water partition coefficient (Wildman–Crippen LogP) is 4.21. The average molecular weight is 255 g/mol. The summed E-state index contributed by atoms with van der Waals surface area (Å²) in [7, 11) is 0. The van der Waals surface area contributed by atoms with Crippen molar-refractivity contribution in [1.29, 1.82) is 0 Å². The van der Waals surface area contributed by atoms with Crippen LogP contribution in [-0.4, -0.2) is 30.2 Å². The third-order valence-corrected chi connectivity index (χ3v) is 3.54. The second kappa shape index (κ2) is 8.39. The van der Waals surface area contributed by atoms with Crippen LogP contribution in [0.3, 0.4) is 0 Å². The van der Waals surface area contributed by atoms with E-state index in [-0.39, 0.29) is 6.09 Å². The zero-order valence-corrected chi connectivity index (χ0v) is 12.3. The van der Waals surface area contributed by atoms with Gasteiger partial charge in [-0.15, -0.1) is 0 Å². The summed E-state index contributed by atoms with van der Waals surface area (Å²) < 4.78 is 5.37. The Balaban J connectivity index is 2.40. The second-order valence-electron chi connectivity index (χ2n) is 5.81. The minimum atomic E-state index is -0.0927. The maximum absolute atomic E-state index is 12.0. The van der Waals surface area contributed by atoms with E-state index in [0.717, 1.165) is 25.8 Å². The molecule has 0 bridgehead atoms. The van der Waals surface area contributed by atoms with Crippen molar-refractivity contribution in [2.75, 3.05) is 13.2 Å². The molecule has 1 amide bonds. The first kappa shape index (κ1) is 15.3. The normalized spacial score (nSPS) is 20.2. The third kappa shape index (κ3) is 5.28. The first-order valence-corrected chi connectivity index (χ1v) is 7.58. The third-order valence-electron chi connectivity index (χ3n) is 3.54. The van der Waals surface area contributed by atoms with Gasteiger partial charge in [-0.2, -0.15) is 0 Å². The number of carbonyl (C=O) groups excluding carboxylic acids is 1. The molecule has 106 valence electrons. The predicted molar refractivity (Wildman–Crippen MR) is 74.7 cm³/mol. The molecule has 0 N–H and O–H groups in total. The fraction of sp³-hybridized carbons (Fsp3) is 0.933. The number of ether oxygens (including phenoxy) is 1. The summed E-state index contributed by atoms with van der Waals surface area (Å²) in [4.78, 5) is 14.0. The molecular formula is C15H29NO2. The van der Waals surface area contributed by atoms with E-state index < -0.39 is 0 Å². The molecule has 1 rings (SSSR count). The molecule has 0 saturated carbocycles. The van der Waals surface area contributed by atoms with Gasteiger partial charge in [0.1, 0.15) is 0 Å². The minimum Gasteiger partial charge on any atom is -0.449 e. The van der Waals surface area contributed by atoms with Crippen LogP contribution in [0.1, 0.15) is 65.7 Å². The number of piperidine rings is 1. The lowest BCUT2D eigenvalue weighted by Gasteiger charge is -2.35. The highest BCUT2D eigenvalue weighted by Gasteiger charge is 2.27. The summed E-state index contributed by atoms with van der Waals surface area (Å²) in [5.74, 6) is 0.414. The number of nitrogens with zero attached hydrogens (tertiary/aromatic N) is 1. The van der Waals surface area contributed by atoms with Crippen molar-refractivity contribution in [2.45, 2.75) is 71.8 Å². The Morgan fingerprint density at radius 2 is 2.11 bits per heavy atom. The molecule has 0 aliphatic carbocycles. The van der Waals surface area contributed by atoms with Crippen LogP contribution in [0.25, 0.3) is 0 Å². The number of amides is 1. The van der Waals surface area contributed by atoms with E-state index in [4.69, 9.17) is 4.74 Å². The van der Waals surface area contributed by atoms with Gasteiger partial charge in [-0.3, -0.25) is 0 Å². The lowest BCUT2D eigenvalue weighted by atomic mass is 9.97. The highest BCUT2D eigenvalue weighted by Crippen LogP contribution is 2.22. The van der Waals surface area contributed by atoms with Crippen molar-refractivity contribution in [3.05, 3.63) is 0 Å². The maximum Gasteiger partial charge on any atom is 0.410 e. The minimum absolute atomic E-state index is 0.0927. The second-order valence-corrected chi connectivity index (χ2v) is 5.81. The topological polar surface area (TPSA) is 29.5 Å². The van der Waals surface area contributed by atoms with Crippen molar-refractivity contribution in [2.24, 2.45) is 5.92 Å². The monoisotopic (exact) mass is 255 g/mol. The molecule has 18 heavy (non-hydrogen) atoms. The average Bonchev–Trinajstić information content (AvgIpc) is 2.37. The van der Waals surface area contributed by atoms with Gasteiger partial charge in [-0.1, -0.05) is 40.0 Å². The van der Waals surface area contributed by atoms with Crippen LogP contribution in [0.4, 0.5) is 4.79 Å². The molecule has 1 fully saturated rings. The summed E-state index contributed by atoms with van der Waals surface area (Å²) in [6.07, 6.45) is 8.33. The fourth-order valence-corrected chi connectivity index (χ4v) is 2.49. The van der Waals surface area contributed by atoms with E-state index in [2.05, 4.69) is 20.8 Å². The van der Waals surface area contributed by atoms with Crippen LogP contribution in [0.5, 0.6) is 0 Å². The van der Waals surface area contributed by atoms with Crippen molar-refractivity contribution in [1.82, 2.24) is 4.90 Å². The van der Waals surface area contributed by atoms with Gasteiger partial charge in [-0.25, -0.2) is 4.79 Å². The van der Waals surface area contributed by atoms with Gasteiger partial charge < -0.3 is 9.64 Å². The number of unbranched alkanes of at least 4 members (excludes halogenated alkanes) is 2. The van der Waals surface area contributed by atoms with Crippen molar-refractivity contribution >= 4 is 6.09 Å².